The number of alkyl halides is 1. The Morgan fingerprint density at radius 3 is 2.70 bits per heavy atom. The van der Waals surface area contributed by atoms with E-state index in [1.54, 1.807) is 17.0 Å². The highest BCUT2D eigenvalue weighted by Gasteiger charge is 2.25. The standard InChI is InChI=1S/C13H17ClN2O3S/c1-15(2)20(18,19)11-5-6-12-10(8-11)4-3-7-16(12)13(17)9-14/h5-6,8H,3-4,7,9H2,1-2H3. The molecule has 1 aromatic rings. The number of hydrogen-bond donors (Lipinski definition) is 0. The summed E-state index contributed by atoms with van der Waals surface area (Å²) in [5, 5.41) is 0. The fourth-order valence-corrected chi connectivity index (χ4v) is 3.37. The molecule has 1 aliphatic heterocycles. The molecular weight excluding hydrogens is 300 g/mol. The molecular formula is C13H17ClN2O3S. The Labute approximate surface area is 124 Å². The van der Waals surface area contributed by atoms with Crippen LogP contribution in [-0.4, -0.2) is 45.2 Å². The zero-order chi connectivity index (χ0) is 14.9. The molecule has 2 rings (SSSR count). The van der Waals surface area contributed by atoms with Crippen LogP contribution in [0.4, 0.5) is 5.69 Å². The van der Waals surface area contributed by atoms with E-state index in [-0.39, 0.29) is 16.7 Å². The highest BCUT2D eigenvalue weighted by atomic mass is 35.5. The summed E-state index contributed by atoms with van der Waals surface area (Å²) < 4.78 is 25.4. The van der Waals surface area contributed by atoms with Crippen molar-refractivity contribution in [2.75, 3.05) is 31.4 Å². The number of carbonyl (C=O) groups excluding carboxylic acids is 1. The maximum Gasteiger partial charge on any atom is 0.242 e. The van der Waals surface area contributed by atoms with Crippen LogP contribution >= 0.6 is 11.6 Å². The molecule has 7 heteroatoms. The lowest BCUT2D eigenvalue weighted by Gasteiger charge is -2.29. The molecule has 0 aliphatic carbocycles. The van der Waals surface area contributed by atoms with Crippen molar-refractivity contribution in [1.29, 1.82) is 0 Å². The first-order valence-electron chi connectivity index (χ1n) is 6.29. The first kappa shape index (κ1) is 15.3. The first-order chi connectivity index (χ1) is 9.37. The Kier molecular flexibility index (Phi) is 4.36. The molecule has 110 valence electrons. The molecule has 0 unspecified atom stereocenters. The number of aryl methyl sites for hydroxylation is 1. The summed E-state index contributed by atoms with van der Waals surface area (Å²) in [5.74, 6) is -0.229. The highest BCUT2D eigenvalue weighted by Crippen LogP contribution is 2.30. The van der Waals surface area contributed by atoms with Crippen LogP contribution in [0.2, 0.25) is 0 Å². The van der Waals surface area contributed by atoms with Gasteiger partial charge in [-0.1, -0.05) is 0 Å². The summed E-state index contributed by atoms with van der Waals surface area (Å²) >= 11 is 5.60. The van der Waals surface area contributed by atoms with E-state index in [0.29, 0.717) is 6.54 Å². The number of sulfonamides is 1. The fourth-order valence-electron chi connectivity index (χ4n) is 2.28. The third kappa shape index (κ3) is 2.68. The minimum atomic E-state index is -3.45. The molecule has 1 aliphatic rings. The smallest absolute Gasteiger partial charge is 0.242 e. The second-order valence-electron chi connectivity index (χ2n) is 4.86. The second-order valence-corrected chi connectivity index (χ2v) is 7.28. The number of amides is 1. The molecule has 1 aromatic carbocycles. The predicted octanol–water partition coefficient (Wildman–Crippen LogP) is 1.45. The summed E-state index contributed by atoms with van der Waals surface area (Å²) in [5.41, 5.74) is 1.64. The summed E-state index contributed by atoms with van der Waals surface area (Å²) in [6.07, 6.45) is 1.57. The third-order valence-corrected chi connectivity index (χ3v) is 5.40. The van der Waals surface area contributed by atoms with Gasteiger partial charge >= 0.3 is 0 Å². The average Bonchev–Trinajstić information content (AvgIpc) is 2.44. The Hall–Kier alpha value is -1.11. The normalized spacial score (nSPS) is 15.3. The molecule has 0 radical (unpaired) electrons. The number of benzene rings is 1. The molecule has 0 N–H and O–H groups in total. The van der Waals surface area contributed by atoms with Crippen LogP contribution in [0.5, 0.6) is 0 Å². The van der Waals surface area contributed by atoms with Crippen LogP contribution < -0.4 is 4.90 Å². The quantitative estimate of drug-likeness (QED) is 0.793. The Bertz CT molecular complexity index is 629. The third-order valence-electron chi connectivity index (χ3n) is 3.36. The number of carbonyl (C=O) groups is 1. The molecule has 0 fully saturated rings. The van der Waals surface area contributed by atoms with Crippen molar-refractivity contribution >= 4 is 33.2 Å². The summed E-state index contributed by atoms with van der Waals surface area (Å²) in [4.78, 5) is 13.7. The van der Waals surface area contributed by atoms with Crippen molar-refractivity contribution in [3.63, 3.8) is 0 Å². The van der Waals surface area contributed by atoms with Gasteiger partial charge in [0.15, 0.2) is 0 Å². The van der Waals surface area contributed by atoms with Gasteiger partial charge in [0.1, 0.15) is 5.88 Å². The molecule has 0 bridgehead atoms. The maximum absolute atomic E-state index is 12.1. The van der Waals surface area contributed by atoms with Crippen molar-refractivity contribution in [3.05, 3.63) is 23.8 Å². The van der Waals surface area contributed by atoms with Crippen molar-refractivity contribution < 1.29 is 13.2 Å². The molecule has 0 spiro atoms. The second kappa shape index (κ2) is 5.71. The number of halogens is 1. The van der Waals surface area contributed by atoms with Crippen LogP contribution in [0.1, 0.15) is 12.0 Å². The minimum absolute atomic E-state index is 0.0722. The van der Waals surface area contributed by atoms with Gasteiger partial charge in [-0.3, -0.25) is 4.79 Å². The van der Waals surface area contributed by atoms with Crippen LogP contribution in [0.25, 0.3) is 0 Å². The van der Waals surface area contributed by atoms with E-state index in [9.17, 15) is 13.2 Å². The number of hydrogen-bond acceptors (Lipinski definition) is 3. The predicted molar refractivity (Wildman–Crippen MR) is 78.7 cm³/mol. The van der Waals surface area contributed by atoms with Crippen LogP contribution in [-0.2, 0) is 21.2 Å². The Balaban J connectivity index is 2.45. The largest absolute Gasteiger partial charge is 0.311 e. The van der Waals surface area contributed by atoms with Gasteiger partial charge in [0.05, 0.1) is 4.90 Å². The molecule has 0 saturated carbocycles. The van der Waals surface area contributed by atoms with E-state index in [1.165, 1.54) is 24.5 Å². The average molecular weight is 317 g/mol. The summed E-state index contributed by atoms with van der Waals surface area (Å²) in [6.45, 7) is 0.623. The van der Waals surface area contributed by atoms with Crippen LogP contribution in [0.3, 0.4) is 0 Å². The monoisotopic (exact) mass is 316 g/mol. The van der Waals surface area contributed by atoms with E-state index in [1.807, 2.05) is 0 Å². The van der Waals surface area contributed by atoms with Gasteiger partial charge in [-0.05, 0) is 36.6 Å². The molecule has 20 heavy (non-hydrogen) atoms. The maximum atomic E-state index is 12.1. The summed E-state index contributed by atoms with van der Waals surface area (Å²) in [6, 6.07) is 4.88. The molecule has 0 saturated heterocycles. The lowest BCUT2D eigenvalue weighted by atomic mass is 10.0. The highest BCUT2D eigenvalue weighted by molar-refractivity contribution is 7.89. The van der Waals surface area contributed by atoms with Crippen molar-refractivity contribution in [2.24, 2.45) is 0 Å². The van der Waals surface area contributed by atoms with Gasteiger partial charge in [-0.15, -0.1) is 11.6 Å². The number of nitrogens with zero attached hydrogens (tertiary/aromatic N) is 2. The molecule has 1 heterocycles. The van der Waals surface area contributed by atoms with Gasteiger partial charge in [-0.25, -0.2) is 12.7 Å². The van der Waals surface area contributed by atoms with Gasteiger partial charge in [0, 0.05) is 26.3 Å². The molecule has 0 aromatic heterocycles. The lowest BCUT2D eigenvalue weighted by molar-refractivity contribution is -0.116. The van der Waals surface area contributed by atoms with E-state index < -0.39 is 10.0 Å². The lowest BCUT2D eigenvalue weighted by Crippen LogP contribution is -2.36. The topological polar surface area (TPSA) is 57.7 Å². The fraction of sp³-hybridized carbons (Fsp3) is 0.462. The zero-order valence-electron chi connectivity index (χ0n) is 11.5. The SMILES string of the molecule is CN(C)S(=O)(=O)c1ccc2c(c1)CCCN2C(=O)CCl. The molecule has 0 atom stereocenters. The Morgan fingerprint density at radius 1 is 1.40 bits per heavy atom. The van der Waals surface area contributed by atoms with Crippen LogP contribution in [0.15, 0.2) is 23.1 Å². The first-order valence-corrected chi connectivity index (χ1v) is 8.27. The van der Waals surface area contributed by atoms with E-state index in [0.717, 1.165) is 24.1 Å². The van der Waals surface area contributed by atoms with E-state index in [2.05, 4.69) is 0 Å². The van der Waals surface area contributed by atoms with Crippen molar-refractivity contribution in [2.45, 2.75) is 17.7 Å². The minimum Gasteiger partial charge on any atom is -0.311 e. The number of anilines is 1. The number of rotatable bonds is 3. The molecule has 1 amide bonds. The summed E-state index contributed by atoms with van der Waals surface area (Å²) in [7, 11) is -0.454. The van der Waals surface area contributed by atoms with Crippen LogP contribution in [0, 0.1) is 0 Å². The van der Waals surface area contributed by atoms with E-state index >= 15 is 0 Å². The number of fused-ring (bicyclic) bond motifs is 1. The zero-order valence-corrected chi connectivity index (χ0v) is 13.0. The van der Waals surface area contributed by atoms with Gasteiger partial charge in [0.25, 0.3) is 0 Å². The van der Waals surface area contributed by atoms with Gasteiger partial charge in [-0.2, -0.15) is 0 Å². The van der Waals surface area contributed by atoms with Gasteiger partial charge in [0.2, 0.25) is 15.9 Å². The van der Waals surface area contributed by atoms with E-state index in [4.69, 9.17) is 11.6 Å². The van der Waals surface area contributed by atoms with Crippen molar-refractivity contribution in [1.82, 2.24) is 4.31 Å². The Morgan fingerprint density at radius 2 is 2.10 bits per heavy atom. The molecule has 5 nitrogen and oxygen atoms in total. The van der Waals surface area contributed by atoms with Crippen molar-refractivity contribution in [3.8, 4) is 0 Å². The van der Waals surface area contributed by atoms with Gasteiger partial charge < -0.3 is 4.90 Å².